The highest BCUT2D eigenvalue weighted by molar-refractivity contribution is 8.26. The summed E-state index contributed by atoms with van der Waals surface area (Å²) >= 11 is 6.17. The fourth-order valence-electron chi connectivity index (χ4n) is 3.37. The molecule has 1 heterocycles. The van der Waals surface area contributed by atoms with Gasteiger partial charge in [0.25, 0.3) is 11.8 Å². The van der Waals surface area contributed by atoms with E-state index in [0.717, 1.165) is 27.9 Å². The van der Waals surface area contributed by atoms with Crippen LogP contribution in [0.4, 0.5) is 5.69 Å². The van der Waals surface area contributed by atoms with Gasteiger partial charge in [0.15, 0.2) is 18.1 Å². The fourth-order valence-corrected chi connectivity index (χ4v) is 4.62. The number of carbonyl (C=O) groups excluding carboxylic acids is 2. The summed E-state index contributed by atoms with van der Waals surface area (Å²) < 4.78 is 11.6. The van der Waals surface area contributed by atoms with Crippen molar-refractivity contribution in [1.29, 1.82) is 0 Å². The van der Waals surface area contributed by atoms with Crippen LogP contribution in [0.2, 0.25) is 0 Å². The van der Waals surface area contributed by atoms with Gasteiger partial charge in [-0.2, -0.15) is 0 Å². The van der Waals surface area contributed by atoms with Crippen molar-refractivity contribution >= 4 is 57.8 Å². The first-order chi connectivity index (χ1) is 16.7. The number of thiocarbonyl (C=S) groups is 1. The maximum Gasteiger partial charge on any atom is 0.323 e. The molecule has 2 aromatic rings. The van der Waals surface area contributed by atoms with Crippen molar-refractivity contribution < 1.29 is 29.0 Å². The summed E-state index contributed by atoms with van der Waals surface area (Å²) in [5.74, 6) is -0.841. The number of para-hydroxylation sites is 1. The van der Waals surface area contributed by atoms with Gasteiger partial charge in [0, 0.05) is 5.69 Å². The summed E-state index contributed by atoms with van der Waals surface area (Å²) in [6.07, 6.45) is 1.61. The third-order valence-electron chi connectivity index (χ3n) is 4.95. The molecule has 2 aromatic carbocycles. The van der Waals surface area contributed by atoms with E-state index in [0.29, 0.717) is 28.6 Å². The molecule has 0 atom stereocenters. The highest BCUT2D eigenvalue weighted by Crippen LogP contribution is 2.35. The number of carbonyl (C=O) groups is 3. The molecule has 0 spiro atoms. The molecule has 35 heavy (non-hydrogen) atoms. The van der Waals surface area contributed by atoms with Gasteiger partial charge >= 0.3 is 5.97 Å². The average Bonchev–Trinajstić information content (AvgIpc) is 3.06. The average molecular weight is 515 g/mol. The quantitative estimate of drug-likeness (QED) is 0.352. The molecular weight excluding hydrogens is 488 g/mol. The molecule has 0 unspecified atom stereocenters. The minimum atomic E-state index is -1.14. The normalized spacial score (nSPS) is 14.5. The summed E-state index contributed by atoms with van der Waals surface area (Å²) in [5.41, 5.74) is 2.43. The molecule has 3 rings (SSSR count). The number of carboxylic acids is 1. The molecular formula is C25H26N2O6S2. The first-order valence-electron chi connectivity index (χ1n) is 10.9. The van der Waals surface area contributed by atoms with Crippen LogP contribution in [0.5, 0.6) is 11.5 Å². The molecule has 10 heteroatoms. The maximum absolute atomic E-state index is 12.5. The van der Waals surface area contributed by atoms with Gasteiger partial charge in [0.2, 0.25) is 0 Å². The minimum absolute atomic E-state index is 0.193. The topological polar surface area (TPSA) is 105 Å². The SMILES string of the molecule is CCOc1cc(C=C2SC(=S)N(CC(=O)O)C2=O)ccc1OCC(=O)Nc1ccccc1C(C)C. The highest BCUT2D eigenvalue weighted by Gasteiger charge is 2.33. The monoisotopic (exact) mass is 514 g/mol. The zero-order valence-electron chi connectivity index (χ0n) is 19.6. The number of aliphatic carboxylic acids is 1. The Hall–Kier alpha value is -3.37. The van der Waals surface area contributed by atoms with E-state index < -0.39 is 18.4 Å². The number of thioether (sulfide) groups is 1. The molecule has 0 aliphatic carbocycles. The van der Waals surface area contributed by atoms with Gasteiger partial charge in [-0.3, -0.25) is 19.3 Å². The third kappa shape index (κ3) is 6.83. The lowest BCUT2D eigenvalue weighted by molar-refractivity contribution is -0.140. The van der Waals surface area contributed by atoms with Crippen LogP contribution >= 0.6 is 24.0 Å². The van der Waals surface area contributed by atoms with Crippen LogP contribution in [0.1, 0.15) is 37.8 Å². The fraction of sp³-hybridized carbons (Fsp3) is 0.280. The van der Waals surface area contributed by atoms with Crippen LogP contribution < -0.4 is 14.8 Å². The van der Waals surface area contributed by atoms with Crippen molar-refractivity contribution in [3.05, 3.63) is 58.5 Å². The van der Waals surface area contributed by atoms with Gasteiger partial charge in [0.05, 0.1) is 11.5 Å². The lowest BCUT2D eigenvalue weighted by Gasteiger charge is -2.15. The van der Waals surface area contributed by atoms with Gasteiger partial charge in [0.1, 0.15) is 10.9 Å². The van der Waals surface area contributed by atoms with Gasteiger partial charge < -0.3 is 19.9 Å². The largest absolute Gasteiger partial charge is 0.490 e. The Labute approximate surface area is 213 Å². The van der Waals surface area contributed by atoms with E-state index >= 15 is 0 Å². The maximum atomic E-state index is 12.5. The molecule has 2 amide bonds. The van der Waals surface area contributed by atoms with E-state index in [1.165, 1.54) is 0 Å². The van der Waals surface area contributed by atoms with Crippen molar-refractivity contribution in [3.8, 4) is 11.5 Å². The molecule has 0 saturated carbocycles. The molecule has 1 aliphatic rings. The Bertz CT molecular complexity index is 1180. The standard InChI is InChI=1S/C25H26N2O6S2/c1-4-32-20-11-16(12-21-24(31)27(13-23(29)30)25(34)35-21)9-10-19(20)33-14-22(28)26-18-8-6-5-7-17(18)15(2)3/h5-12,15H,4,13-14H2,1-3H3,(H,26,28)(H,29,30). The van der Waals surface area contributed by atoms with Gasteiger partial charge in [-0.25, -0.2) is 0 Å². The molecule has 1 aliphatic heterocycles. The number of nitrogens with zero attached hydrogens (tertiary/aromatic N) is 1. The van der Waals surface area contributed by atoms with Crippen molar-refractivity contribution in [2.24, 2.45) is 0 Å². The Kier molecular flexibility index (Phi) is 8.89. The van der Waals surface area contributed by atoms with Crippen molar-refractivity contribution in [2.45, 2.75) is 26.7 Å². The third-order valence-corrected chi connectivity index (χ3v) is 6.33. The molecule has 2 N–H and O–H groups in total. The molecule has 0 aromatic heterocycles. The molecule has 1 saturated heterocycles. The summed E-state index contributed by atoms with van der Waals surface area (Å²) in [7, 11) is 0. The molecule has 0 radical (unpaired) electrons. The predicted molar refractivity (Wildman–Crippen MR) is 140 cm³/mol. The lowest BCUT2D eigenvalue weighted by atomic mass is 10.0. The van der Waals surface area contributed by atoms with E-state index in [1.807, 2.05) is 31.2 Å². The van der Waals surface area contributed by atoms with Crippen LogP contribution in [0.3, 0.4) is 0 Å². The van der Waals surface area contributed by atoms with Gasteiger partial charge in [-0.15, -0.1) is 0 Å². The summed E-state index contributed by atoms with van der Waals surface area (Å²) in [5, 5.41) is 11.9. The number of hydrogen-bond donors (Lipinski definition) is 2. The highest BCUT2D eigenvalue weighted by atomic mass is 32.2. The smallest absolute Gasteiger partial charge is 0.323 e. The Balaban J connectivity index is 1.71. The molecule has 8 nitrogen and oxygen atoms in total. The molecule has 0 bridgehead atoms. The van der Waals surface area contributed by atoms with E-state index in [9.17, 15) is 14.4 Å². The van der Waals surface area contributed by atoms with Crippen LogP contribution in [0, 0.1) is 0 Å². The summed E-state index contributed by atoms with van der Waals surface area (Å²) in [4.78, 5) is 37.4. The van der Waals surface area contributed by atoms with Crippen molar-refractivity contribution in [1.82, 2.24) is 4.90 Å². The number of anilines is 1. The van der Waals surface area contributed by atoms with Gasteiger partial charge in [-0.1, -0.05) is 62.1 Å². The number of rotatable bonds is 10. The number of ether oxygens (including phenoxy) is 2. The minimum Gasteiger partial charge on any atom is -0.490 e. The zero-order valence-corrected chi connectivity index (χ0v) is 21.2. The lowest BCUT2D eigenvalue weighted by Crippen LogP contribution is -2.33. The van der Waals surface area contributed by atoms with Crippen molar-refractivity contribution in [3.63, 3.8) is 0 Å². The van der Waals surface area contributed by atoms with E-state index in [1.54, 1.807) is 24.3 Å². The summed E-state index contributed by atoms with van der Waals surface area (Å²) in [6.45, 7) is 5.61. The number of benzene rings is 2. The van der Waals surface area contributed by atoms with Crippen LogP contribution in [-0.4, -0.2) is 51.9 Å². The number of amides is 2. The molecule has 184 valence electrons. The van der Waals surface area contributed by atoms with E-state index in [-0.39, 0.29) is 22.8 Å². The predicted octanol–water partition coefficient (Wildman–Crippen LogP) is 4.51. The van der Waals surface area contributed by atoms with E-state index in [4.69, 9.17) is 26.8 Å². The van der Waals surface area contributed by atoms with Crippen LogP contribution in [0.15, 0.2) is 47.4 Å². The van der Waals surface area contributed by atoms with Crippen LogP contribution in [-0.2, 0) is 14.4 Å². The second-order valence-electron chi connectivity index (χ2n) is 7.88. The first-order valence-corrected chi connectivity index (χ1v) is 12.2. The second-order valence-corrected chi connectivity index (χ2v) is 9.56. The Morgan fingerprint density at radius 1 is 1.17 bits per heavy atom. The van der Waals surface area contributed by atoms with Crippen molar-refractivity contribution in [2.75, 3.05) is 25.1 Å². The Morgan fingerprint density at radius 3 is 2.60 bits per heavy atom. The molecule has 1 fully saturated rings. The number of hydrogen-bond acceptors (Lipinski definition) is 7. The van der Waals surface area contributed by atoms with Crippen LogP contribution in [0.25, 0.3) is 6.08 Å². The number of nitrogens with one attached hydrogen (secondary N) is 1. The van der Waals surface area contributed by atoms with E-state index in [2.05, 4.69) is 19.2 Å². The summed E-state index contributed by atoms with van der Waals surface area (Å²) in [6, 6.07) is 12.7. The number of carboxylic acid groups (broad SMARTS) is 1. The zero-order chi connectivity index (χ0) is 25.5. The first kappa shape index (κ1) is 26.2. The Morgan fingerprint density at radius 2 is 1.91 bits per heavy atom. The second kappa shape index (κ2) is 11.9. The van der Waals surface area contributed by atoms with Gasteiger partial charge in [-0.05, 0) is 48.2 Å².